The Balaban J connectivity index is 2.27. The maximum atomic E-state index is 13.4. The molecule has 0 spiro atoms. The van der Waals surface area contributed by atoms with E-state index >= 15 is 0 Å². The first-order chi connectivity index (χ1) is 18.4. The monoisotopic (exact) mass is 546 g/mol. The van der Waals surface area contributed by atoms with Gasteiger partial charge in [-0.15, -0.1) is 0 Å². The number of benzene rings is 1. The van der Waals surface area contributed by atoms with Crippen molar-refractivity contribution in [1.82, 2.24) is 16.0 Å². The molecule has 0 heterocycles. The van der Waals surface area contributed by atoms with Gasteiger partial charge in [-0.1, -0.05) is 58.1 Å². The molecule has 2 rings (SSSR count). The highest BCUT2D eigenvalue weighted by atomic mass is 16.4. The third-order valence-corrected chi connectivity index (χ3v) is 6.70. The molecule has 0 radical (unpaired) electrons. The lowest BCUT2D eigenvalue weighted by atomic mass is 9.84. The SMILES string of the molecule is CC(C)C[C@H](NC(=O)[C@H](CC(=O)O)NC(=O)[C@H](CC1CCCCC1)NC(=O)c1ccccc1C(=O)O)C(N)=O. The van der Waals surface area contributed by atoms with Crippen molar-refractivity contribution in [2.24, 2.45) is 17.6 Å². The Morgan fingerprint density at radius 2 is 1.41 bits per heavy atom. The molecule has 3 atom stereocenters. The van der Waals surface area contributed by atoms with E-state index in [1.165, 1.54) is 24.3 Å². The summed E-state index contributed by atoms with van der Waals surface area (Å²) in [6.07, 6.45) is 4.33. The molecule has 4 amide bonds. The number of carboxylic acid groups (broad SMARTS) is 2. The predicted molar refractivity (Wildman–Crippen MR) is 141 cm³/mol. The highest BCUT2D eigenvalue weighted by Crippen LogP contribution is 2.27. The molecule has 1 aliphatic rings. The summed E-state index contributed by atoms with van der Waals surface area (Å²) in [5.41, 5.74) is 5.01. The van der Waals surface area contributed by atoms with Crippen LogP contribution in [0.15, 0.2) is 24.3 Å². The zero-order chi connectivity index (χ0) is 29.1. The number of carboxylic acids is 2. The lowest BCUT2D eigenvalue weighted by Crippen LogP contribution is -2.57. The Bertz CT molecular complexity index is 1070. The van der Waals surface area contributed by atoms with Crippen LogP contribution in [-0.2, 0) is 19.2 Å². The molecule has 7 N–H and O–H groups in total. The number of hydrogen-bond donors (Lipinski definition) is 6. The van der Waals surface area contributed by atoms with Gasteiger partial charge in [0.25, 0.3) is 5.91 Å². The average Bonchev–Trinajstić information content (AvgIpc) is 2.87. The first kappa shape index (κ1) is 31.3. The molecule has 1 aliphatic carbocycles. The van der Waals surface area contributed by atoms with Crippen LogP contribution in [-0.4, -0.2) is 63.9 Å². The highest BCUT2D eigenvalue weighted by Gasteiger charge is 2.33. The van der Waals surface area contributed by atoms with E-state index in [1.807, 2.05) is 13.8 Å². The van der Waals surface area contributed by atoms with Gasteiger partial charge in [0.15, 0.2) is 0 Å². The first-order valence-electron chi connectivity index (χ1n) is 13.1. The largest absolute Gasteiger partial charge is 0.481 e. The zero-order valence-corrected chi connectivity index (χ0v) is 22.3. The Kier molecular flexibility index (Phi) is 11.9. The van der Waals surface area contributed by atoms with Crippen LogP contribution >= 0.6 is 0 Å². The van der Waals surface area contributed by atoms with Gasteiger partial charge in [-0.2, -0.15) is 0 Å². The lowest BCUT2D eigenvalue weighted by molar-refractivity contribution is -0.141. The Morgan fingerprint density at radius 3 is 1.95 bits per heavy atom. The third kappa shape index (κ3) is 10.0. The van der Waals surface area contributed by atoms with Gasteiger partial charge in [-0.05, 0) is 36.8 Å². The molecule has 0 bridgehead atoms. The maximum Gasteiger partial charge on any atom is 0.336 e. The number of aliphatic carboxylic acids is 1. The van der Waals surface area contributed by atoms with Crippen molar-refractivity contribution >= 4 is 35.6 Å². The molecule has 0 unspecified atom stereocenters. The Hall–Kier alpha value is -3.96. The van der Waals surface area contributed by atoms with E-state index in [4.69, 9.17) is 5.73 Å². The van der Waals surface area contributed by atoms with Crippen molar-refractivity contribution < 1.29 is 39.0 Å². The standard InChI is InChI=1S/C27H38N4O8/c1-15(2)12-19(23(28)34)29-26(37)21(14-22(32)33)31-25(36)20(13-16-8-4-3-5-9-16)30-24(35)17-10-6-7-11-18(17)27(38)39/h6-7,10-11,15-16,19-21H,3-5,8-9,12-14H2,1-2H3,(H2,28,34)(H,29,37)(H,30,35)(H,31,36)(H,32,33)(H,38,39)/t19-,20-,21-/m0/s1. The summed E-state index contributed by atoms with van der Waals surface area (Å²) >= 11 is 0. The van der Waals surface area contributed by atoms with E-state index in [0.29, 0.717) is 0 Å². The van der Waals surface area contributed by atoms with Crippen LogP contribution in [0.3, 0.4) is 0 Å². The second kappa shape index (κ2) is 14.8. The molecule has 1 aromatic rings. The van der Waals surface area contributed by atoms with Gasteiger partial charge in [0.2, 0.25) is 17.7 Å². The molecule has 1 saturated carbocycles. The van der Waals surface area contributed by atoms with Gasteiger partial charge in [0.1, 0.15) is 18.1 Å². The number of primary amides is 1. The van der Waals surface area contributed by atoms with Crippen molar-refractivity contribution in [3.63, 3.8) is 0 Å². The summed E-state index contributed by atoms with van der Waals surface area (Å²) in [5.74, 6) is -5.83. The smallest absolute Gasteiger partial charge is 0.336 e. The fourth-order valence-electron chi connectivity index (χ4n) is 4.74. The molecule has 1 fully saturated rings. The van der Waals surface area contributed by atoms with Gasteiger partial charge in [0, 0.05) is 0 Å². The van der Waals surface area contributed by atoms with E-state index in [9.17, 15) is 39.0 Å². The molecule has 0 saturated heterocycles. The molecule has 12 nitrogen and oxygen atoms in total. The number of carbonyl (C=O) groups excluding carboxylic acids is 4. The van der Waals surface area contributed by atoms with E-state index in [-0.39, 0.29) is 35.8 Å². The minimum absolute atomic E-state index is 0.000851. The summed E-state index contributed by atoms with van der Waals surface area (Å²) in [4.78, 5) is 74.3. The molecular weight excluding hydrogens is 508 g/mol. The summed E-state index contributed by atoms with van der Waals surface area (Å²) in [5, 5.41) is 26.2. The van der Waals surface area contributed by atoms with Gasteiger partial charge in [-0.3, -0.25) is 24.0 Å². The Morgan fingerprint density at radius 1 is 0.846 bits per heavy atom. The molecule has 39 heavy (non-hydrogen) atoms. The van der Waals surface area contributed by atoms with Crippen molar-refractivity contribution in [3.05, 3.63) is 35.4 Å². The highest BCUT2D eigenvalue weighted by molar-refractivity contribution is 6.06. The average molecular weight is 547 g/mol. The van der Waals surface area contributed by atoms with Crippen LogP contribution in [0, 0.1) is 11.8 Å². The number of nitrogens with two attached hydrogens (primary N) is 1. The fourth-order valence-corrected chi connectivity index (χ4v) is 4.74. The molecular formula is C27H38N4O8. The number of amides is 4. The normalized spacial score (nSPS) is 16.0. The molecule has 1 aromatic carbocycles. The minimum atomic E-state index is -1.54. The molecule has 214 valence electrons. The van der Waals surface area contributed by atoms with Crippen LogP contribution < -0.4 is 21.7 Å². The van der Waals surface area contributed by atoms with Gasteiger partial charge in [-0.25, -0.2) is 4.79 Å². The van der Waals surface area contributed by atoms with E-state index in [0.717, 1.165) is 32.1 Å². The summed E-state index contributed by atoms with van der Waals surface area (Å²) in [6.45, 7) is 3.64. The number of hydrogen-bond acceptors (Lipinski definition) is 6. The van der Waals surface area contributed by atoms with Gasteiger partial charge >= 0.3 is 11.9 Å². The van der Waals surface area contributed by atoms with E-state index < -0.39 is 60.1 Å². The van der Waals surface area contributed by atoms with Crippen LogP contribution in [0.25, 0.3) is 0 Å². The summed E-state index contributed by atoms with van der Waals surface area (Å²) < 4.78 is 0. The first-order valence-corrected chi connectivity index (χ1v) is 13.1. The van der Waals surface area contributed by atoms with Crippen molar-refractivity contribution in [1.29, 1.82) is 0 Å². The number of carbonyl (C=O) groups is 6. The van der Waals surface area contributed by atoms with Crippen LogP contribution in [0.4, 0.5) is 0 Å². The van der Waals surface area contributed by atoms with Crippen molar-refractivity contribution in [2.75, 3.05) is 0 Å². The van der Waals surface area contributed by atoms with E-state index in [2.05, 4.69) is 16.0 Å². The second-order valence-corrected chi connectivity index (χ2v) is 10.4. The fraction of sp³-hybridized carbons (Fsp3) is 0.556. The Labute approximate surface area is 227 Å². The van der Waals surface area contributed by atoms with Crippen LogP contribution in [0.1, 0.15) is 85.9 Å². The third-order valence-electron chi connectivity index (χ3n) is 6.70. The van der Waals surface area contributed by atoms with Crippen molar-refractivity contribution in [2.45, 2.75) is 83.3 Å². The molecule has 0 aromatic heterocycles. The lowest BCUT2D eigenvalue weighted by Gasteiger charge is -2.28. The van der Waals surface area contributed by atoms with Gasteiger partial charge < -0.3 is 31.9 Å². The van der Waals surface area contributed by atoms with E-state index in [1.54, 1.807) is 0 Å². The van der Waals surface area contributed by atoms with Crippen LogP contribution in [0.2, 0.25) is 0 Å². The predicted octanol–water partition coefficient (Wildman–Crippen LogP) is 1.43. The van der Waals surface area contributed by atoms with Crippen molar-refractivity contribution in [3.8, 4) is 0 Å². The van der Waals surface area contributed by atoms with Crippen LogP contribution in [0.5, 0.6) is 0 Å². The maximum absolute atomic E-state index is 13.4. The summed E-state index contributed by atoms with van der Waals surface area (Å²) in [6, 6.07) is 1.81. The zero-order valence-electron chi connectivity index (χ0n) is 22.3. The topological polar surface area (TPSA) is 205 Å². The number of nitrogens with one attached hydrogen (secondary N) is 3. The number of aromatic carboxylic acids is 1. The summed E-state index contributed by atoms with van der Waals surface area (Å²) in [7, 11) is 0. The minimum Gasteiger partial charge on any atom is -0.481 e. The number of rotatable bonds is 14. The molecule has 12 heteroatoms. The quantitative estimate of drug-likeness (QED) is 0.201. The second-order valence-electron chi connectivity index (χ2n) is 10.4. The van der Waals surface area contributed by atoms with Gasteiger partial charge in [0.05, 0.1) is 17.5 Å². The molecule has 0 aliphatic heterocycles.